The van der Waals surface area contributed by atoms with E-state index >= 15 is 0 Å². The summed E-state index contributed by atoms with van der Waals surface area (Å²) in [7, 11) is 5.77. The van der Waals surface area contributed by atoms with Gasteiger partial charge in [-0.3, -0.25) is 0 Å². The van der Waals surface area contributed by atoms with Gasteiger partial charge in [-0.25, -0.2) is 0 Å². The molecule has 4 unspecified atom stereocenters. The fourth-order valence-electron chi connectivity index (χ4n) is 5.22. The third-order valence-electron chi connectivity index (χ3n) is 5.75. The quantitative estimate of drug-likeness (QED) is 0.921. The molecule has 3 nitrogen and oxygen atoms in total. The highest BCUT2D eigenvalue weighted by Crippen LogP contribution is 2.59. The maximum absolute atomic E-state index is 11.7. The molecule has 1 aromatic carbocycles. The Morgan fingerprint density at radius 2 is 2.05 bits per heavy atom. The predicted octanol–water partition coefficient (Wildman–Crippen LogP) is 3.68. The molecule has 0 radical (unpaired) electrons. The number of likely N-dealkylation sites (N-methyl/N-ethyl adjacent to an activating group) is 1. The Labute approximate surface area is 138 Å². The minimum atomic E-state index is -0.927. The van der Waals surface area contributed by atoms with E-state index in [-0.39, 0.29) is 11.5 Å². The Balaban J connectivity index is 2.13. The van der Waals surface area contributed by atoms with Crippen molar-refractivity contribution in [2.45, 2.75) is 44.2 Å². The summed E-state index contributed by atoms with van der Waals surface area (Å²) >= 11 is 6.47. The summed E-state index contributed by atoms with van der Waals surface area (Å²) < 4.78 is 5.35. The van der Waals surface area contributed by atoms with Gasteiger partial charge in [0.15, 0.2) is 0 Å². The summed E-state index contributed by atoms with van der Waals surface area (Å²) in [5.74, 6) is 1.32. The predicted molar refractivity (Wildman–Crippen MR) is 89.4 cm³/mol. The lowest BCUT2D eigenvalue weighted by atomic mass is 9.62. The van der Waals surface area contributed by atoms with Crippen LogP contribution in [0.2, 0.25) is 5.02 Å². The molecule has 2 fully saturated rings. The van der Waals surface area contributed by atoms with Crippen LogP contribution in [0, 0.1) is 11.3 Å². The molecule has 0 aliphatic heterocycles. The van der Waals surface area contributed by atoms with Crippen molar-refractivity contribution in [3.05, 3.63) is 28.8 Å². The van der Waals surface area contributed by atoms with Crippen LogP contribution in [0.25, 0.3) is 0 Å². The largest absolute Gasteiger partial charge is 0.497 e. The molecule has 4 heteroatoms. The SMILES string of the molecule is COc1ccc(Cl)c(C2(O)CC3CCC(C)(C3)C2N(C)C)c1. The second-order valence-electron chi connectivity index (χ2n) is 7.60. The van der Waals surface area contributed by atoms with Crippen molar-refractivity contribution in [2.75, 3.05) is 21.2 Å². The lowest BCUT2D eigenvalue weighted by molar-refractivity contribution is -0.121. The zero-order valence-electron chi connectivity index (χ0n) is 13.9. The average molecular weight is 324 g/mol. The van der Waals surface area contributed by atoms with E-state index in [0.29, 0.717) is 10.9 Å². The summed E-state index contributed by atoms with van der Waals surface area (Å²) in [6.45, 7) is 2.32. The van der Waals surface area contributed by atoms with E-state index in [1.807, 2.05) is 18.2 Å². The monoisotopic (exact) mass is 323 g/mol. The van der Waals surface area contributed by atoms with Crippen LogP contribution in [0.4, 0.5) is 0 Å². The van der Waals surface area contributed by atoms with Gasteiger partial charge in [-0.2, -0.15) is 0 Å². The minimum absolute atomic E-state index is 0.0587. The molecule has 0 spiro atoms. The van der Waals surface area contributed by atoms with E-state index < -0.39 is 5.60 Å². The zero-order valence-corrected chi connectivity index (χ0v) is 14.7. The van der Waals surface area contributed by atoms with Gasteiger partial charge in [0.2, 0.25) is 0 Å². The van der Waals surface area contributed by atoms with E-state index in [9.17, 15) is 5.11 Å². The lowest BCUT2D eigenvalue weighted by Gasteiger charge is -2.52. The van der Waals surface area contributed by atoms with E-state index in [0.717, 1.165) is 17.7 Å². The van der Waals surface area contributed by atoms with Gasteiger partial charge in [-0.1, -0.05) is 18.5 Å². The van der Waals surface area contributed by atoms with Crippen molar-refractivity contribution in [3.8, 4) is 5.75 Å². The summed E-state index contributed by atoms with van der Waals surface area (Å²) in [4.78, 5) is 2.18. The maximum Gasteiger partial charge on any atom is 0.119 e. The van der Waals surface area contributed by atoms with Crippen LogP contribution in [-0.4, -0.2) is 37.3 Å². The van der Waals surface area contributed by atoms with Gasteiger partial charge in [0.05, 0.1) is 7.11 Å². The van der Waals surface area contributed by atoms with Crippen molar-refractivity contribution in [1.29, 1.82) is 0 Å². The molecule has 2 saturated carbocycles. The Morgan fingerprint density at radius 1 is 1.32 bits per heavy atom. The molecule has 1 N–H and O–H groups in total. The van der Waals surface area contributed by atoms with Crippen molar-refractivity contribution in [3.63, 3.8) is 0 Å². The topological polar surface area (TPSA) is 32.7 Å². The fraction of sp³-hybridized carbons (Fsp3) is 0.667. The molecule has 0 aromatic heterocycles. The summed E-state index contributed by atoms with van der Waals surface area (Å²) in [6, 6.07) is 5.65. The van der Waals surface area contributed by atoms with E-state index in [1.54, 1.807) is 7.11 Å². The summed E-state index contributed by atoms with van der Waals surface area (Å²) in [5.41, 5.74) is 0.0154. The normalized spacial score (nSPS) is 37.6. The fourth-order valence-corrected chi connectivity index (χ4v) is 5.50. The molecule has 2 aliphatic rings. The third-order valence-corrected chi connectivity index (χ3v) is 6.08. The van der Waals surface area contributed by atoms with Crippen LogP contribution < -0.4 is 4.74 Å². The van der Waals surface area contributed by atoms with Crippen molar-refractivity contribution in [1.82, 2.24) is 4.90 Å². The van der Waals surface area contributed by atoms with Crippen molar-refractivity contribution < 1.29 is 9.84 Å². The second kappa shape index (κ2) is 5.40. The number of benzene rings is 1. The first-order valence-electron chi connectivity index (χ1n) is 8.03. The highest BCUT2D eigenvalue weighted by Gasteiger charge is 2.58. The van der Waals surface area contributed by atoms with Gasteiger partial charge >= 0.3 is 0 Å². The molecule has 0 saturated heterocycles. The number of aliphatic hydroxyl groups is 1. The number of fused-ring (bicyclic) bond motifs is 2. The molecule has 2 aliphatic carbocycles. The second-order valence-corrected chi connectivity index (χ2v) is 8.01. The molecule has 1 aromatic rings. The highest BCUT2D eigenvalue weighted by atomic mass is 35.5. The van der Waals surface area contributed by atoms with E-state index in [4.69, 9.17) is 16.3 Å². The van der Waals surface area contributed by atoms with E-state index in [1.165, 1.54) is 19.3 Å². The van der Waals surface area contributed by atoms with Crippen LogP contribution in [0.1, 0.15) is 38.2 Å². The van der Waals surface area contributed by atoms with Crippen molar-refractivity contribution in [2.24, 2.45) is 11.3 Å². The van der Waals surface area contributed by atoms with E-state index in [2.05, 4.69) is 25.9 Å². The molecule has 122 valence electrons. The highest BCUT2D eigenvalue weighted by molar-refractivity contribution is 6.31. The average Bonchev–Trinajstić information content (AvgIpc) is 2.74. The number of halogens is 1. The summed E-state index contributed by atoms with van der Waals surface area (Å²) in [5, 5.41) is 12.4. The molecule has 2 bridgehead atoms. The van der Waals surface area contributed by atoms with Crippen LogP contribution in [-0.2, 0) is 5.60 Å². The first-order chi connectivity index (χ1) is 10.3. The molecule has 3 rings (SSSR count). The number of methoxy groups -OCH3 is 1. The Kier molecular flexibility index (Phi) is 3.95. The van der Waals surface area contributed by atoms with Crippen molar-refractivity contribution >= 4 is 11.6 Å². The van der Waals surface area contributed by atoms with Gasteiger partial charge in [-0.05, 0) is 69.3 Å². The molecule has 22 heavy (non-hydrogen) atoms. The van der Waals surface area contributed by atoms with Crippen LogP contribution in [0.5, 0.6) is 5.75 Å². The maximum atomic E-state index is 11.7. The van der Waals surface area contributed by atoms with Gasteiger partial charge in [-0.15, -0.1) is 0 Å². The Bertz CT molecular complexity index is 576. The van der Waals surface area contributed by atoms with Crippen LogP contribution >= 0.6 is 11.6 Å². The number of hydrogen-bond acceptors (Lipinski definition) is 3. The zero-order chi connectivity index (χ0) is 16.1. The van der Waals surface area contributed by atoms with Gasteiger partial charge in [0.25, 0.3) is 0 Å². The van der Waals surface area contributed by atoms with Crippen LogP contribution in [0.15, 0.2) is 18.2 Å². The van der Waals surface area contributed by atoms with Crippen LogP contribution in [0.3, 0.4) is 0 Å². The molecular weight excluding hydrogens is 298 g/mol. The standard InChI is InChI=1S/C18H26ClNO2/c1-17-8-7-12(10-17)11-18(21,16(17)20(2)3)14-9-13(22-4)5-6-15(14)19/h5-6,9,12,16,21H,7-8,10-11H2,1-4H3. The third kappa shape index (κ3) is 2.34. The first kappa shape index (κ1) is 16.1. The molecule has 4 atom stereocenters. The first-order valence-corrected chi connectivity index (χ1v) is 8.41. The minimum Gasteiger partial charge on any atom is -0.497 e. The number of hydrogen-bond donors (Lipinski definition) is 1. The van der Waals surface area contributed by atoms with Gasteiger partial charge in [0.1, 0.15) is 11.4 Å². The Hall–Kier alpha value is -0.770. The number of nitrogens with zero attached hydrogens (tertiary/aromatic N) is 1. The lowest BCUT2D eigenvalue weighted by Crippen LogP contribution is -2.58. The molecule has 0 amide bonds. The number of ether oxygens (including phenoxy) is 1. The van der Waals surface area contributed by atoms with Gasteiger partial charge in [0, 0.05) is 16.6 Å². The van der Waals surface area contributed by atoms with Gasteiger partial charge < -0.3 is 14.7 Å². The molecular formula is C18H26ClNO2. The Morgan fingerprint density at radius 3 is 2.68 bits per heavy atom. The molecule has 0 heterocycles. The smallest absolute Gasteiger partial charge is 0.119 e. The number of rotatable bonds is 3. The summed E-state index contributed by atoms with van der Waals surface area (Å²) in [6.07, 6.45) is 4.34.